The van der Waals surface area contributed by atoms with Crippen molar-refractivity contribution in [2.75, 3.05) is 33.3 Å². The summed E-state index contributed by atoms with van der Waals surface area (Å²) in [5.41, 5.74) is 6.24. The molecule has 1 aromatic carbocycles. The van der Waals surface area contributed by atoms with Gasteiger partial charge in [0.15, 0.2) is 6.10 Å². The normalized spacial score (nSPS) is 19.2. The molecule has 1 aliphatic heterocycles. The standard InChI is InChI=1S/C17H25N3O3/c1-23-15(13-6-3-2-4-7-13)17(22)20-11-5-8-14(12-20)16(21)19-10-9-18/h2-4,6-7,14-15H,5,8-12,18H2,1H3,(H,19,21). The Morgan fingerprint density at radius 1 is 1.39 bits per heavy atom. The lowest BCUT2D eigenvalue weighted by Gasteiger charge is -2.34. The topological polar surface area (TPSA) is 84.7 Å². The summed E-state index contributed by atoms with van der Waals surface area (Å²) in [6.07, 6.45) is 0.989. The molecule has 0 radical (unpaired) electrons. The molecule has 1 aromatic rings. The van der Waals surface area contributed by atoms with Crippen LogP contribution in [0.3, 0.4) is 0 Å². The minimum atomic E-state index is -0.623. The van der Waals surface area contributed by atoms with Crippen LogP contribution < -0.4 is 11.1 Å². The van der Waals surface area contributed by atoms with Crippen molar-refractivity contribution in [2.24, 2.45) is 11.7 Å². The molecular weight excluding hydrogens is 294 g/mol. The van der Waals surface area contributed by atoms with Gasteiger partial charge in [0.05, 0.1) is 5.92 Å². The molecule has 0 bridgehead atoms. The smallest absolute Gasteiger partial charge is 0.256 e. The fourth-order valence-corrected chi connectivity index (χ4v) is 2.90. The highest BCUT2D eigenvalue weighted by Crippen LogP contribution is 2.23. The van der Waals surface area contributed by atoms with E-state index < -0.39 is 6.10 Å². The molecule has 6 heteroatoms. The highest BCUT2D eigenvalue weighted by molar-refractivity contribution is 5.84. The minimum absolute atomic E-state index is 0.0263. The van der Waals surface area contributed by atoms with Crippen LogP contribution in [0.15, 0.2) is 30.3 Å². The number of nitrogens with one attached hydrogen (secondary N) is 1. The monoisotopic (exact) mass is 319 g/mol. The molecule has 0 spiro atoms. The van der Waals surface area contributed by atoms with Crippen LogP contribution in [0.1, 0.15) is 24.5 Å². The van der Waals surface area contributed by atoms with E-state index in [4.69, 9.17) is 10.5 Å². The highest BCUT2D eigenvalue weighted by atomic mass is 16.5. The molecule has 2 amide bonds. The van der Waals surface area contributed by atoms with Gasteiger partial charge in [0.25, 0.3) is 5.91 Å². The van der Waals surface area contributed by atoms with E-state index in [1.54, 1.807) is 4.90 Å². The van der Waals surface area contributed by atoms with Gasteiger partial charge in [0, 0.05) is 33.3 Å². The molecule has 2 unspecified atom stereocenters. The molecule has 6 nitrogen and oxygen atoms in total. The van der Waals surface area contributed by atoms with Crippen LogP contribution >= 0.6 is 0 Å². The molecule has 0 saturated carbocycles. The van der Waals surface area contributed by atoms with Gasteiger partial charge >= 0.3 is 0 Å². The Labute approximate surface area is 137 Å². The molecule has 3 N–H and O–H groups in total. The van der Waals surface area contributed by atoms with Crippen molar-refractivity contribution in [2.45, 2.75) is 18.9 Å². The molecule has 0 aromatic heterocycles. The number of likely N-dealkylation sites (tertiary alicyclic amines) is 1. The molecule has 23 heavy (non-hydrogen) atoms. The van der Waals surface area contributed by atoms with Crippen molar-refractivity contribution in [3.05, 3.63) is 35.9 Å². The summed E-state index contributed by atoms with van der Waals surface area (Å²) in [6.45, 7) is 1.98. The Bertz CT molecular complexity index is 521. The van der Waals surface area contributed by atoms with E-state index in [0.717, 1.165) is 18.4 Å². The fourth-order valence-electron chi connectivity index (χ4n) is 2.90. The first kappa shape index (κ1) is 17.4. The maximum absolute atomic E-state index is 12.8. The average molecular weight is 319 g/mol. The Balaban J connectivity index is 2.02. The number of carbonyl (C=O) groups is 2. The van der Waals surface area contributed by atoms with E-state index in [1.807, 2.05) is 30.3 Å². The van der Waals surface area contributed by atoms with E-state index in [9.17, 15) is 9.59 Å². The van der Waals surface area contributed by atoms with Crippen LogP contribution in [0, 0.1) is 5.92 Å². The van der Waals surface area contributed by atoms with Crippen LogP contribution in [0.4, 0.5) is 0 Å². The molecule has 1 saturated heterocycles. The van der Waals surface area contributed by atoms with E-state index in [0.29, 0.717) is 26.2 Å². The minimum Gasteiger partial charge on any atom is -0.367 e. The van der Waals surface area contributed by atoms with Crippen molar-refractivity contribution in [3.63, 3.8) is 0 Å². The summed E-state index contributed by atoms with van der Waals surface area (Å²) < 4.78 is 5.40. The number of methoxy groups -OCH3 is 1. The summed E-state index contributed by atoms with van der Waals surface area (Å²) in [7, 11) is 1.53. The number of rotatable bonds is 6. The van der Waals surface area contributed by atoms with Crippen molar-refractivity contribution < 1.29 is 14.3 Å². The highest BCUT2D eigenvalue weighted by Gasteiger charge is 2.32. The molecular formula is C17H25N3O3. The third-order valence-corrected chi connectivity index (χ3v) is 4.11. The zero-order valence-electron chi connectivity index (χ0n) is 13.5. The predicted molar refractivity (Wildman–Crippen MR) is 87.6 cm³/mol. The molecule has 0 aliphatic carbocycles. The second-order valence-corrected chi connectivity index (χ2v) is 5.73. The Morgan fingerprint density at radius 3 is 2.78 bits per heavy atom. The van der Waals surface area contributed by atoms with E-state index in [1.165, 1.54) is 7.11 Å². The Kier molecular flexibility index (Phi) is 6.55. The van der Waals surface area contributed by atoms with E-state index in [-0.39, 0.29) is 17.7 Å². The lowest BCUT2D eigenvalue weighted by atomic mass is 9.96. The zero-order valence-corrected chi connectivity index (χ0v) is 13.5. The van der Waals surface area contributed by atoms with Gasteiger partial charge in [-0.1, -0.05) is 30.3 Å². The van der Waals surface area contributed by atoms with Crippen molar-refractivity contribution in [3.8, 4) is 0 Å². The zero-order chi connectivity index (χ0) is 16.7. The Hall–Kier alpha value is -1.92. The van der Waals surface area contributed by atoms with Gasteiger partial charge in [-0.05, 0) is 18.4 Å². The van der Waals surface area contributed by atoms with Gasteiger partial charge in [-0.25, -0.2) is 0 Å². The average Bonchev–Trinajstić information content (AvgIpc) is 2.61. The summed E-state index contributed by atoms with van der Waals surface area (Å²) in [5.74, 6) is -0.288. The second kappa shape index (κ2) is 8.64. The molecule has 2 rings (SSSR count). The number of amides is 2. The molecule has 1 heterocycles. The third kappa shape index (κ3) is 4.53. The first-order valence-corrected chi connectivity index (χ1v) is 8.01. The molecule has 126 valence electrons. The van der Waals surface area contributed by atoms with Gasteiger partial charge < -0.3 is 20.7 Å². The van der Waals surface area contributed by atoms with E-state index >= 15 is 0 Å². The summed E-state index contributed by atoms with van der Waals surface area (Å²) in [4.78, 5) is 26.6. The summed E-state index contributed by atoms with van der Waals surface area (Å²) in [5, 5.41) is 2.80. The van der Waals surface area contributed by atoms with Crippen LogP contribution in [0.2, 0.25) is 0 Å². The second-order valence-electron chi connectivity index (χ2n) is 5.73. The first-order valence-electron chi connectivity index (χ1n) is 8.01. The van der Waals surface area contributed by atoms with E-state index in [2.05, 4.69) is 5.32 Å². The van der Waals surface area contributed by atoms with Crippen molar-refractivity contribution in [1.82, 2.24) is 10.2 Å². The SMILES string of the molecule is COC(C(=O)N1CCCC(C(=O)NCCN)C1)c1ccccc1. The molecule has 1 aliphatic rings. The number of benzene rings is 1. The number of hydrogen-bond donors (Lipinski definition) is 2. The third-order valence-electron chi connectivity index (χ3n) is 4.11. The van der Waals surface area contributed by atoms with Gasteiger partial charge in [0.1, 0.15) is 0 Å². The fraction of sp³-hybridized carbons (Fsp3) is 0.529. The van der Waals surface area contributed by atoms with Gasteiger partial charge in [-0.2, -0.15) is 0 Å². The molecule has 2 atom stereocenters. The number of nitrogens with two attached hydrogens (primary N) is 1. The maximum Gasteiger partial charge on any atom is 0.256 e. The van der Waals surface area contributed by atoms with Gasteiger partial charge in [-0.15, -0.1) is 0 Å². The van der Waals surface area contributed by atoms with Crippen molar-refractivity contribution >= 4 is 11.8 Å². The first-order chi connectivity index (χ1) is 11.2. The number of hydrogen-bond acceptors (Lipinski definition) is 4. The lowest BCUT2D eigenvalue weighted by molar-refractivity contribution is -0.145. The number of nitrogens with zero attached hydrogens (tertiary/aromatic N) is 1. The van der Waals surface area contributed by atoms with Crippen LogP contribution in [0.25, 0.3) is 0 Å². The largest absolute Gasteiger partial charge is 0.367 e. The Morgan fingerprint density at radius 2 is 2.13 bits per heavy atom. The summed E-state index contributed by atoms with van der Waals surface area (Å²) >= 11 is 0. The quantitative estimate of drug-likeness (QED) is 0.808. The van der Waals surface area contributed by atoms with Crippen molar-refractivity contribution in [1.29, 1.82) is 0 Å². The predicted octanol–water partition coefficient (Wildman–Crippen LogP) is 0.688. The van der Waals surface area contributed by atoms with Crippen LogP contribution in [-0.4, -0.2) is 50.0 Å². The van der Waals surface area contributed by atoms with Gasteiger partial charge in [-0.3, -0.25) is 9.59 Å². The maximum atomic E-state index is 12.8. The lowest BCUT2D eigenvalue weighted by Crippen LogP contribution is -2.47. The van der Waals surface area contributed by atoms with Crippen LogP contribution in [0.5, 0.6) is 0 Å². The summed E-state index contributed by atoms with van der Waals surface area (Å²) in [6, 6.07) is 9.42. The van der Waals surface area contributed by atoms with Gasteiger partial charge in [0.2, 0.25) is 5.91 Å². The number of piperidine rings is 1. The van der Waals surface area contributed by atoms with Crippen LogP contribution in [-0.2, 0) is 14.3 Å². The number of carbonyl (C=O) groups excluding carboxylic acids is 2. The number of ether oxygens (including phenoxy) is 1. The molecule has 1 fully saturated rings.